The number of carboxylic acid groups (broad SMARTS) is 1. The predicted molar refractivity (Wildman–Crippen MR) is 70.0 cm³/mol. The van der Waals surface area contributed by atoms with E-state index < -0.39 is 12.4 Å². The SMILES string of the molecule is CC(C)O.CC(C)O.CCCC(=O)CC(=O)[O-].[Al+]. The van der Waals surface area contributed by atoms with Gasteiger partial charge in [-0.1, -0.05) is 6.92 Å². The fourth-order valence-corrected chi connectivity index (χ4v) is 0.528. The molecule has 2 N–H and O–H groups in total. The Hall–Kier alpha value is -0.408. The molecule has 106 valence electrons. The normalized spacial score (nSPS) is 8.50. The van der Waals surface area contributed by atoms with E-state index in [9.17, 15) is 14.7 Å². The van der Waals surface area contributed by atoms with Crippen molar-refractivity contribution in [3.8, 4) is 0 Å². The molecule has 0 fully saturated rings. The van der Waals surface area contributed by atoms with Crippen molar-refractivity contribution < 1.29 is 24.9 Å². The van der Waals surface area contributed by atoms with Gasteiger partial charge in [-0.3, -0.25) is 4.79 Å². The predicted octanol–water partition coefficient (Wildman–Crippen LogP) is -0.111. The molecule has 18 heavy (non-hydrogen) atoms. The molecule has 2 radical (unpaired) electrons. The van der Waals surface area contributed by atoms with Gasteiger partial charge in [-0.15, -0.1) is 0 Å². The molecular formula is C12H25AlO5. The van der Waals surface area contributed by atoms with Gasteiger partial charge in [0.1, 0.15) is 5.78 Å². The molecule has 0 unspecified atom stereocenters. The van der Waals surface area contributed by atoms with Gasteiger partial charge in [0.15, 0.2) is 0 Å². The van der Waals surface area contributed by atoms with Crippen molar-refractivity contribution in [1.29, 1.82) is 0 Å². The Kier molecular flexibility index (Phi) is 27.6. The first-order valence-corrected chi connectivity index (χ1v) is 5.71. The second-order valence-electron chi connectivity index (χ2n) is 4.02. The van der Waals surface area contributed by atoms with Crippen molar-refractivity contribution in [3.63, 3.8) is 0 Å². The fourth-order valence-electron chi connectivity index (χ4n) is 0.528. The molecule has 0 aromatic carbocycles. The zero-order valence-corrected chi connectivity index (χ0v) is 13.1. The van der Waals surface area contributed by atoms with Crippen molar-refractivity contribution in [2.45, 2.75) is 66.1 Å². The fraction of sp³-hybridized carbons (Fsp3) is 0.833. The van der Waals surface area contributed by atoms with Crippen LogP contribution in [0.2, 0.25) is 0 Å². The first kappa shape index (κ1) is 26.2. The van der Waals surface area contributed by atoms with Crippen LogP contribution in [0.25, 0.3) is 0 Å². The Morgan fingerprint density at radius 3 is 1.50 bits per heavy atom. The largest absolute Gasteiger partial charge is 1.00 e. The van der Waals surface area contributed by atoms with E-state index in [1.165, 1.54) is 0 Å². The molecule has 0 rings (SSSR count). The quantitative estimate of drug-likeness (QED) is 0.551. The molecule has 0 heterocycles. The molecular weight excluding hydrogens is 251 g/mol. The van der Waals surface area contributed by atoms with Gasteiger partial charge in [-0.05, 0) is 34.1 Å². The maximum absolute atomic E-state index is 10.4. The van der Waals surface area contributed by atoms with Gasteiger partial charge in [0.05, 0.1) is 0 Å². The molecule has 0 aliphatic carbocycles. The minimum Gasteiger partial charge on any atom is -0.550 e. The van der Waals surface area contributed by atoms with E-state index in [0.29, 0.717) is 12.8 Å². The summed E-state index contributed by atoms with van der Waals surface area (Å²) in [4.78, 5) is 20.2. The Morgan fingerprint density at radius 1 is 1.06 bits per heavy atom. The summed E-state index contributed by atoms with van der Waals surface area (Å²) in [6.45, 7) is 8.72. The average Bonchev–Trinajstić information content (AvgIpc) is 1.99. The van der Waals surface area contributed by atoms with E-state index in [2.05, 4.69) is 0 Å². The van der Waals surface area contributed by atoms with Crippen molar-refractivity contribution >= 4 is 29.1 Å². The number of carboxylic acids is 1. The number of aliphatic hydroxyl groups is 2. The molecule has 0 aliphatic heterocycles. The van der Waals surface area contributed by atoms with Crippen molar-refractivity contribution in [2.24, 2.45) is 0 Å². The second kappa shape index (κ2) is 18.9. The van der Waals surface area contributed by atoms with Gasteiger partial charge in [-0.2, -0.15) is 0 Å². The summed E-state index contributed by atoms with van der Waals surface area (Å²) in [6.07, 6.45) is 0.272. The first-order chi connectivity index (χ1) is 7.63. The zero-order chi connectivity index (χ0) is 14.4. The van der Waals surface area contributed by atoms with E-state index >= 15 is 0 Å². The topological polar surface area (TPSA) is 97.7 Å². The number of rotatable bonds is 4. The number of carbonyl (C=O) groups excluding carboxylic acids is 2. The molecule has 0 atom stereocenters. The van der Waals surface area contributed by atoms with Gasteiger partial charge in [-0.25, -0.2) is 0 Å². The number of Topliss-reactive ketones (excluding diaryl/α,β-unsaturated/α-hetero) is 1. The summed E-state index contributed by atoms with van der Waals surface area (Å²) in [5.74, 6) is -1.54. The Morgan fingerprint density at radius 2 is 1.33 bits per heavy atom. The Balaban J connectivity index is -0.0000000922. The summed E-state index contributed by atoms with van der Waals surface area (Å²) in [5, 5.41) is 25.9. The van der Waals surface area contributed by atoms with Gasteiger partial charge in [0, 0.05) is 31.0 Å². The molecule has 0 aromatic heterocycles. The molecule has 0 saturated heterocycles. The third-order valence-corrected chi connectivity index (χ3v) is 0.870. The summed E-state index contributed by atoms with van der Waals surface area (Å²) in [7, 11) is 0. The zero-order valence-electron chi connectivity index (χ0n) is 12.0. The monoisotopic (exact) mass is 276 g/mol. The average molecular weight is 276 g/mol. The number of hydrogen-bond donors (Lipinski definition) is 2. The Labute approximate surface area is 120 Å². The van der Waals surface area contributed by atoms with Crippen LogP contribution in [0.4, 0.5) is 0 Å². The van der Waals surface area contributed by atoms with Crippen molar-refractivity contribution in [2.75, 3.05) is 0 Å². The van der Waals surface area contributed by atoms with E-state index in [4.69, 9.17) is 10.2 Å². The first-order valence-electron chi connectivity index (χ1n) is 5.71. The van der Waals surface area contributed by atoms with Crippen LogP contribution in [0, 0.1) is 0 Å². The van der Waals surface area contributed by atoms with Crippen LogP contribution in [-0.4, -0.2) is 51.5 Å². The van der Waals surface area contributed by atoms with Crippen molar-refractivity contribution in [3.05, 3.63) is 0 Å². The molecule has 5 nitrogen and oxygen atoms in total. The molecule has 6 heteroatoms. The number of aliphatic hydroxyl groups excluding tert-OH is 2. The second-order valence-corrected chi connectivity index (χ2v) is 4.02. The van der Waals surface area contributed by atoms with Gasteiger partial charge in [0.2, 0.25) is 0 Å². The van der Waals surface area contributed by atoms with Crippen LogP contribution in [0.15, 0.2) is 0 Å². The van der Waals surface area contributed by atoms with E-state index in [0.717, 1.165) is 0 Å². The summed E-state index contributed by atoms with van der Waals surface area (Å²) >= 11 is 0. The Bertz CT molecular complexity index is 181. The van der Waals surface area contributed by atoms with Crippen LogP contribution in [0.5, 0.6) is 0 Å². The van der Waals surface area contributed by atoms with Gasteiger partial charge < -0.3 is 20.1 Å². The summed E-state index contributed by atoms with van der Waals surface area (Å²) in [5.41, 5.74) is 0. The third kappa shape index (κ3) is 76.4. The van der Waals surface area contributed by atoms with E-state index in [-0.39, 0.29) is 35.4 Å². The van der Waals surface area contributed by atoms with Crippen LogP contribution < -0.4 is 5.11 Å². The van der Waals surface area contributed by atoms with Crippen molar-refractivity contribution in [1.82, 2.24) is 0 Å². The van der Waals surface area contributed by atoms with E-state index in [1.807, 2.05) is 6.92 Å². The van der Waals surface area contributed by atoms with Gasteiger partial charge >= 0.3 is 17.4 Å². The minimum atomic E-state index is -1.28. The summed E-state index contributed by atoms with van der Waals surface area (Å²) in [6, 6.07) is 0. The minimum absolute atomic E-state index is 0. The smallest absolute Gasteiger partial charge is 0.550 e. The number of ketones is 1. The van der Waals surface area contributed by atoms with Crippen LogP contribution in [0.3, 0.4) is 0 Å². The van der Waals surface area contributed by atoms with E-state index in [1.54, 1.807) is 27.7 Å². The number of aliphatic carboxylic acids is 1. The summed E-state index contributed by atoms with van der Waals surface area (Å²) < 4.78 is 0. The molecule has 0 spiro atoms. The standard InChI is InChI=1S/C6H10O3.2C3H8O.Al/c1-2-3-5(7)4-6(8)9;2*1-3(2)4;/h2-4H2,1H3,(H,8,9);2*3-4H,1-2H3;/q;;;+1/p-1. The molecule has 0 amide bonds. The van der Waals surface area contributed by atoms with Crippen LogP contribution >= 0.6 is 0 Å². The van der Waals surface area contributed by atoms with Crippen LogP contribution in [-0.2, 0) is 9.59 Å². The number of carbonyl (C=O) groups is 2. The molecule has 0 saturated carbocycles. The number of hydrogen-bond acceptors (Lipinski definition) is 5. The maximum Gasteiger partial charge on any atom is 1.00 e. The molecule has 0 aromatic rings. The van der Waals surface area contributed by atoms with Crippen LogP contribution in [0.1, 0.15) is 53.9 Å². The van der Waals surface area contributed by atoms with Gasteiger partial charge in [0.25, 0.3) is 0 Å². The third-order valence-electron chi connectivity index (χ3n) is 0.870. The molecule has 0 aliphatic rings. The maximum atomic E-state index is 10.4. The molecule has 0 bridgehead atoms.